The number of ether oxygens (including phenoxy) is 1. The first-order valence-corrected chi connectivity index (χ1v) is 10.6. The van der Waals surface area contributed by atoms with E-state index in [0.29, 0.717) is 17.9 Å². The summed E-state index contributed by atoms with van der Waals surface area (Å²) < 4.78 is 8.65. The molecule has 0 aliphatic heterocycles. The molecular formula is C25H26N4O3. The zero-order chi connectivity index (χ0) is 22.8. The Labute approximate surface area is 186 Å². The Morgan fingerprint density at radius 1 is 1.03 bits per heavy atom. The maximum Gasteiger partial charge on any atom is 0.252 e. The molecule has 32 heavy (non-hydrogen) atoms. The summed E-state index contributed by atoms with van der Waals surface area (Å²) in [6.07, 6.45) is 0. The molecule has 0 fully saturated rings. The van der Waals surface area contributed by atoms with Crippen LogP contribution in [-0.4, -0.2) is 26.9 Å². The number of carbonyl (C=O) groups excluding carboxylic acids is 1. The van der Waals surface area contributed by atoms with Crippen LogP contribution in [0.15, 0.2) is 59.4 Å². The van der Waals surface area contributed by atoms with Gasteiger partial charge in [0.25, 0.3) is 5.56 Å². The number of aromatic nitrogens is 3. The Balaban J connectivity index is 1.72. The average molecular weight is 431 g/mol. The zero-order valence-electron chi connectivity index (χ0n) is 18.7. The van der Waals surface area contributed by atoms with Crippen molar-refractivity contribution in [3.63, 3.8) is 0 Å². The van der Waals surface area contributed by atoms with E-state index in [1.807, 2.05) is 52.0 Å². The molecule has 1 N–H and O–H groups in total. The molecule has 0 spiro atoms. The number of hydrogen-bond acceptors (Lipinski definition) is 4. The molecule has 2 aromatic carbocycles. The molecule has 1 amide bonds. The van der Waals surface area contributed by atoms with Crippen molar-refractivity contribution in [2.75, 3.05) is 11.9 Å². The number of nitrogens with one attached hydrogen (secondary N) is 1. The minimum atomic E-state index is -0.296. The molecule has 0 bridgehead atoms. The molecule has 2 aromatic heterocycles. The Morgan fingerprint density at radius 2 is 1.72 bits per heavy atom. The molecular weight excluding hydrogens is 404 g/mol. The standard InChI is InChI=1S/C25H26N4O3/c1-5-32-21-12-8-19(9-13-21)26-22(30)15-28-23(31)14-17(3)24-18(4)27-29(25(24)28)20-10-6-16(2)7-11-20/h6-14H,5,15H2,1-4H3,(H,26,30). The summed E-state index contributed by atoms with van der Waals surface area (Å²) in [7, 11) is 0. The number of carbonyl (C=O) groups is 1. The number of anilines is 1. The van der Waals surface area contributed by atoms with E-state index < -0.39 is 0 Å². The lowest BCUT2D eigenvalue weighted by molar-refractivity contribution is -0.116. The van der Waals surface area contributed by atoms with Crippen LogP contribution >= 0.6 is 0 Å². The molecule has 0 radical (unpaired) electrons. The summed E-state index contributed by atoms with van der Waals surface area (Å²) in [5, 5.41) is 8.41. The molecule has 7 heteroatoms. The minimum Gasteiger partial charge on any atom is -0.494 e. The van der Waals surface area contributed by atoms with Gasteiger partial charge in [-0.15, -0.1) is 0 Å². The molecule has 7 nitrogen and oxygen atoms in total. The van der Waals surface area contributed by atoms with Gasteiger partial charge in [0.05, 0.1) is 18.0 Å². The van der Waals surface area contributed by atoms with Gasteiger partial charge in [0, 0.05) is 17.1 Å². The first-order valence-electron chi connectivity index (χ1n) is 10.6. The third-order valence-electron chi connectivity index (χ3n) is 5.32. The van der Waals surface area contributed by atoms with Crippen LogP contribution in [0, 0.1) is 20.8 Å². The molecule has 2 heterocycles. The Hall–Kier alpha value is -3.87. The molecule has 0 aliphatic carbocycles. The third kappa shape index (κ3) is 4.14. The van der Waals surface area contributed by atoms with E-state index in [4.69, 9.17) is 4.74 Å². The van der Waals surface area contributed by atoms with Crippen molar-refractivity contribution in [3.8, 4) is 11.4 Å². The van der Waals surface area contributed by atoms with Crippen molar-refractivity contribution < 1.29 is 9.53 Å². The fourth-order valence-electron chi connectivity index (χ4n) is 3.83. The SMILES string of the molecule is CCOc1ccc(NC(=O)Cn2c(=O)cc(C)c3c(C)nn(-c4ccc(C)cc4)c32)cc1. The number of amides is 1. The van der Waals surface area contributed by atoms with Crippen LogP contribution in [0.1, 0.15) is 23.7 Å². The van der Waals surface area contributed by atoms with Gasteiger partial charge in [-0.25, -0.2) is 4.68 Å². The average Bonchev–Trinajstić information content (AvgIpc) is 3.11. The highest BCUT2D eigenvalue weighted by Gasteiger charge is 2.18. The molecule has 164 valence electrons. The second kappa shape index (κ2) is 8.70. The van der Waals surface area contributed by atoms with E-state index in [2.05, 4.69) is 10.4 Å². The first kappa shape index (κ1) is 21.4. The molecule has 0 unspecified atom stereocenters. The van der Waals surface area contributed by atoms with Crippen LogP contribution in [-0.2, 0) is 11.3 Å². The second-order valence-electron chi connectivity index (χ2n) is 7.79. The lowest BCUT2D eigenvalue weighted by Gasteiger charge is -2.13. The van der Waals surface area contributed by atoms with Crippen molar-refractivity contribution in [3.05, 3.63) is 81.8 Å². The highest BCUT2D eigenvalue weighted by atomic mass is 16.5. The van der Waals surface area contributed by atoms with Gasteiger partial charge < -0.3 is 10.1 Å². The monoisotopic (exact) mass is 430 g/mol. The molecule has 0 aliphatic rings. The normalized spacial score (nSPS) is 11.0. The smallest absolute Gasteiger partial charge is 0.252 e. The summed E-state index contributed by atoms with van der Waals surface area (Å²) in [5.74, 6) is 0.440. The van der Waals surface area contributed by atoms with Gasteiger partial charge >= 0.3 is 0 Å². The number of fused-ring (bicyclic) bond motifs is 1. The number of hydrogen-bond donors (Lipinski definition) is 1. The fourth-order valence-corrected chi connectivity index (χ4v) is 3.83. The minimum absolute atomic E-state index is 0.125. The van der Waals surface area contributed by atoms with Gasteiger partial charge in [0.15, 0.2) is 0 Å². The van der Waals surface area contributed by atoms with Crippen LogP contribution < -0.4 is 15.6 Å². The first-order chi connectivity index (χ1) is 15.4. The number of rotatable bonds is 6. The van der Waals surface area contributed by atoms with Crippen molar-refractivity contribution in [2.45, 2.75) is 34.2 Å². The lowest BCUT2D eigenvalue weighted by Crippen LogP contribution is -2.29. The highest BCUT2D eigenvalue weighted by Crippen LogP contribution is 2.24. The van der Waals surface area contributed by atoms with Crippen LogP contribution in [0.4, 0.5) is 5.69 Å². The quantitative estimate of drug-likeness (QED) is 0.498. The van der Waals surface area contributed by atoms with Gasteiger partial charge in [0.2, 0.25) is 5.91 Å². The van der Waals surface area contributed by atoms with Gasteiger partial charge in [-0.1, -0.05) is 17.7 Å². The number of benzene rings is 2. The predicted octanol–water partition coefficient (Wildman–Crippen LogP) is 4.15. The predicted molar refractivity (Wildman–Crippen MR) is 126 cm³/mol. The number of aryl methyl sites for hydroxylation is 3. The van der Waals surface area contributed by atoms with Crippen LogP contribution in [0.5, 0.6) is 5.75 Å². The Morgan fingerprint density at radius 3 is 2.38 bits per heavy atom. The Kier molecular flexibility index (Phi) is 5.81. The molecule has 0 saturated carbocycles. The molecule has 0 atom stereocenters. The summed E-state index contributed by atoms with van der Waals surface area (Å²) >= 11 is 0. The summed E-state index contributed by atoms with van der Waals surface area (Å²) in [6.45, 7) is 8.18. The molecule has 4 rings (SSSR count). The van der Waals surface area contributed by atoms with Crippen LogP contribution in [0.2, 0.25) is 0 Å². The van der Waals surface area contributed by atoms with Crippen LogP contribution in [0.3, 0.4) is 0 Å². The van der Waals surface area contributed by atoms with Gasteiger partial charge in [-0.05, 0) is 69.7 Å². The Bertz CT molecular complexity index is 1330. The van der Waals surface area contributed by atoms with E-state index in [0.717, 1.165) is 33.6 Å². The van der Waals surface area contributed by atoms with E-state index >= 15 is 0 Å². The fraction of sp³-hybridized carbons (Fsp3) is 0.240. The van der Waals surface area contributed by atoms with Crippen molar-refractivity contribution in [1.29, 1.82) is 0 Å². The van der Waals surface area contributed by atoms with E-state index in [9.17, 15) is 9.59 Å². The third-order valence-corrected chi connectivity index (χ3v) is 5.32. The zero-order valence-corrected chi connectivity index (χ0v) is 18.7. The van der Waals surface area contributed by atoms with Crippen LogP contribution in [0.25, 0.3) is 16.7 Å². The summed E-state index contributed by atoms with van der Waals surface area (Å²) in [5.41, 5.74) is 4.61. The van der Waals surface area contributed by atoms with E-state index in [1.165, 1.54) is 4.57 Å². The number of pyridine rings is 1. The van der Waals surface area contributed by atoms with Crippen molar-refractivity contribution >= 4 is 22.6 Å². The molecule has 0 saturated heterocycles. The molecule has 4 aromatic rings. The van der Waals surface area contributed by atoms with Gasteiger partial charge in [-0.2, -0.15) is 5.10 Å². The summed E-state index contributed by atoms with van der Waals surface area (Å²) in [6, 6.07) is 16.6. The second-order valence-corrected chi connectivity index (χ2v) is 7.79. The summed E-state index contributed by atoms with van der Waals surface area (Å²) in [4.78, 5) is 25.8. The van der Waals surface area contributed by atoms with Crippen molar-refractivity contribution in [2.24, 2.45) is 0 Å². The van der Waals surface area contributed by atoms with E-state index in [1.54, 1.807) is 35.0 Å². The number of nitrogens with zero attached hydrogens (tertiary/aromatic N) is 3. The highest BCUT2D eigenvalue weighted by molar-refractivity contribution is 5.92. The van der Waals surface area contributed by atoms with E-state index in [-0.39, 0.29) is 18.0 Å². The van der Waals surface area contributed by atoms with Gasteiger partial charge in [-0.3, -0.25) is 14.2 Å². The van der Waals surface area contributed by atoms with Gasteiger partial charge in [0.1, 0.15) is 17.9 Å². The maximum absolute atomic E-state index is 12.9. The lowest BCUT2D eigenvalue weighted by atomic mass is 10.1. The largest absolute Gasteiger partial charge is 0.494 e. The van der Waals surface area contributed by atoms with Crippen molar-refractivity contribution in [1.82, 2.24) is 14.3 Å². The maximum atomic E-state index is 12.9. The topological polar surface area (TPSA) is 78.2 Å².